The molecule has 2 N–H and O–H groups in total. The highest BCUT2D eigenvalue weighted by Crippen LogP contribution is 2.34. The predicted molar refractivity (Wildman–Crippen MR) is 67.6 cm³/mol. The SMILES string of the molecule is CC(=O)Nc1cc(F)c(Cl)c2c1C(=O)C(=NO)CC2. The molecule has 1 aliphatic carbocycles. The Labute approximate surface area is 113 Å². The maximum atomic E-state index is 13.6. The monoisotopic (exact) mass is 284 g/mol. The van der Waals surface area contributed by atoms with Crippen molar-refractivity contribution >= 4 is 34.7 Å². The molecule has 0 atom stereocenters. The first-order valence-electron chi connectivity index (χ1n) is 5.49. The van der Waals surface area contributed by atoms with E-state index in [-0.39, 0.29) is 34.8 Å². The number of amides is 1. The molecule has 0 radical (unpaired) electrons. The van der Waals surface area contributed by atoms with Crippen molar-refractivity contribution < 1.29 is 19.2 Å². The maximum Gasteiger partial charge on any atom is 0.221 e. The molecule has 0 aromatic heterocycles. The average molecular weight is 285 g/mol. The first-order chi connectivity index (χ1) is 8.95. The number of benzene rings is 1. The fourth-order valence-electron chi connectivity index (χ4n) is 2.06. The highest BCUT2D eigenvalue weighted by atomic mass is 35.5. The van der Waals surface area contributed by atoms with E-state index in [4.69, 9.17) is 16.8 Å². The van der Waals surface area contributed by atoms with E-state index in [1.807, 2.05) is 0 Å². The van der Waals surface area contributed by atoms with E-state index in [0.29, 0.717) is 5.56 Å². The number of hydrogen-bond acceptors (Lipinski definition) is 4. The predicted octanol–water partition coefficient (Wildman–Crippen LogP) is 2.40. The Kier molecular flexibility index (Phi) is 3.53. The van der Waals surface area contributed by atoms with Crippen LogP contribution in [-0.2, 0) is 11.2 Å². The number of hydrogen-bond donors (Lipinski definition) is 2. The van der Waals surface area contributed by atoms with Crippen LogP contribution in [0.1, 0.15) is 29.3 Å². The van der Waals surface area contributed by atoms with Gasteiger partial charge in [0.05, 0.1) is 16.3 Å². The minimum Gasteiger partial charge on any atom is -0.411 e. The van der Waals surface area contributed by atoms with Crippen LogP contribution in [0.25, 0.3) is 0 Å². The third-order valence-corrected chi connectivity index (χ3v) is 3.26. The molecule has 0 bridgehead atoms. The van der Waals surface area contributed by atoms with Crippen molar-refractivity contribution in [3.63, 3.8) is 0 Å². The molecule has 0 unspecified atom stereocenters. The lowest BCUT2D eigenvalue weighted by Crippen LogP contribution is -2.25. The van der Waals surface area contributed by atoms with Gasteiger partial charge in [-0.2, -0.15) is 0 Å². The second kappa shape index (κ2) is 4.97. The smallest absolute Gasteiger partial charge is 0.221 e. The third-order valence-electron chi connectivity index (χ3n) is 2.85. The number of carbonyl (C=O) groups excluding carboxylic acids is 2. The van der Waals surface area contributed by atoms with Crippen LogP contribution in [0.4, 0.5) is 10.1 Å². The van der Waals surface area contributed by atoms with Gasteiger partial charge in [0.15, 0.2) is 0 Å². The van der Waals surface area contributed by atoms with E-state index >= 15 is 0 Å². The Morgan fingerprint density at radius 3 is 2.79 bits per heavy atom. The second-order valence-corrected chi connectivity index (χ2v) is 4.51. The van der Waals surface area contributed by atoms with Crippen LogP contribution in [0, 0.1) is 5.82 Å². The lowest BCUT2D eigenvalue weighted by Gasteiger charge is -2.20. The number of halogens is 2. The summed E-state index contributed by atoms with van der Waals surface area (Å²) in [6.07, 6.45) is 0.439. The fourth-order valence-corrected chi connectivity index (χ4v) is 2.30. The van der Waals surface area contributed by atoms with Gasteiger partial charge in [-0.3, -0.25) is 9.59 Å². The normalized spacial score (nSPS) is 16.4. The van der Waals surface area contributed by atoms with Gasteiger partial charge in [0.25, 0.3) is 0 Å². The summed E-state index contributed by atoms with van der Waals surface area (Å²) in [5.74, 6) is -1.71. The highest BCUT2D eigenvalue weighted by molar-refractivity contribution is 6.49. The van der Waals surface area contributed by atoms with Crippen LogP contribution in [-0.4, -0.2) is 22.6 Å². The van der Waals surface area contributed by atoms with Gasteiger partial charge >= 0.3 is 0 Å². The van der Waals surface area contributed by atoms with Crippen LogP contribution in [0.5, 0.6) is 0 Å². The van der Waals surface area contributed by atoms with Crippen molar-refractivity contribution in [2.24, 2.45) is 5.16 Å². The van der Waals surface area contributed by atoms with Crippen molar-refractivity contribution in [1.82, 2.24) is 0 Å². The summed E-state index contributed by atoms with van der Waals surface area (Å²) in [6, 6.07) is 0.987. The minimum absolute atomic E-state index is 0.0373. The molecule has 5 nitrogen and oxygen atoms in total. The van der Waals surface area contributed by atoms with Crippen LogP contribution in [0.3, 0.4) is 0 Å². The molecule has 100 valence electrons. The van der Waals surface area contributed by atoms with Crippen LogP contribution < -0.4 is 5.32 Å². The summed E-state index contributed by atoms with van der Waals surface area (Å²) < 4.78 is 13.6. The summed E-state index contributed by atoms with van der Waals surface area (Å²) in [5.41, 5.74) is 0.403. The zero-order valence-electron chi connectivity index (χ0n) is 9.96. The van der Waals surface area contributed by atoms with Crippen molar-refractivity contribution in [3.8, 4) is 0 Å². The number of anilines is 1. The quantitative estimate of drug-likeness (QED) is 0.614. The number of nitrogens with zero attached hydrogens (tertiary/aromatic N) is 1. The lowest BCUT2D eigenvalue weighted by atomic mass is 9.87. The topological polar surface area (TPSA) is 78.8 Å². The van der Waals surface area contributed by atoms with Crippen molar-refractivity contribution in [2.45, 2.75) is 19.8 Å². The summed E-state index contributed by atoms with van der Waals surface area (Å²) in [5, 5.41) is 13.9. The molecule has 0 aliphatic heterocycles. The molecular formula is C12H10ClFN2O3. The van der Waals surface area contributed by atoms with Gasteiger partial charge in [0.1, 0.15) is 11.5 Å². The van der Waals surface area contributed by atoms with E-state index in [1.54, 1.807) is 0 Å². The Bertz CT molecular complexity index is 613. The molecule has 1 amide bonds. The standard InChI is InChI=1S/C12H10ClFN2O3/c1-5(17)15-9-4-7(14)11(13)6-2-3-8(16-19)12(18)10(6)9/h4,19H,2-3H2,1H3,(H,15,17). The van der Waals surface area contributed by atoms with Gasteiger partial charge in [0.2, 0.25) is 11.7 Å². The van der Waals surface area contributed by atoms with E-state index < -0.39 is 17.5 Å². The van der Waals surface area contributed by atoms with E-state index in [9.17, 15) is 14.0 Å². The Morgan fingerprint density at radius 2 is 2.21 bits per heavy atom. The first-order valence-corrected chi connectivity index (χ1v) is 5.87. The zero-order chi connectivity index (χ0) is 14.2. The third kappa shape index (κ3) is 2.31. The molecule has 1 aliphatic rings. The van der Waals surface area contributed by atoms with Crippen LogP contribution in [0.15, 0.2) is 11.2 Å². The van der Waals surface area contributed by atoms with E-state index in [1.165, 1.54) is 6.92 Å². The summed E-state index contributed by atoms with van der Waals surface area (Å²) in [4.78, 5) is 23.2. The van der Waals surface area contributed by atoms with E-state index in [2.05, 4.69) is 10.5 Å². The summed E-state index contributed by atoms with van der Waals surface area (Å²) in [7, 11) is 0. The number of carbonyl (C=O) groups is 2. The Balaban J connectivity index is 2.67. The van der Waals surface area contributed by atoms with Crippen LogP contribution >= 0.6 is 11.6 Å². The van der Waals surface area contributed by atoms with Gasteiger partial charge in [-0.1, -0.05) is 16.8 Å². The molecule has 0 spiro atoms. The number of nitrogens with one attached hydrogen (secondary N) is 1. The molecule has 0 heterocycles. The maximum absolute atomic E-state index is 13.6. The molecule has 0 fully saturated rings. The van der Waals surface area contributed by atoms with Gasteiger partial charge in [0, 0.05) is 13.3 Å². The number of Topliss-reactive ketones (excluding diaryl/α,β-unsaturated/α-hetero) is 1. The Hall–Kier alpha value is -1.95. The number of rotatable bonds is 1. The lowest BCUT2D eigenvalue weighted by molar-refractivity contribution is -0.114. The fraction of sp³-hybridized carbons (Fsp3) is 0.250. The highest BCUT2D eigenvalue weighted by Gasteiger charge is 2.30. The van der Waals surface area contributed by atoms with E-state index in [0.717, 1.165) is 6.07 Å². The van der Waals surface area contributed by atoms with Gasteiger partial charge < -0.3 is 10.5 Å². The zero-order valence-corrected chi connectivity index (χ0v) is 10.7. The van der Waals surface area contributed by atoms with Gasteiger partial charge in [-0.15, -0.1) is 0 Å². The minimum atomic E-state index is -0.707. The molecule has 19 heavy (non-hydrogen) atoms. The number of ketones is 1. The van der Waals surface area contributed by atoms with Crippen molar-refractivity contribution in [1.29, 1.82) is 0 Å². The van der Waals surface area contributed by atoms with Gasteiger partial charge in [-0.05, 0) is 18.1 Å². The molecular weight excluding hydrogens is 275 g/mol. The summed E-state index contributed by atoms with van der Waals surface area (Å²) >= 11 is 5.83. The number of fused-ring (bicyclic) bond motifs is 1. The van der Waals surface area contributed by atoms with Gasteiger partial charge in [-0.25, -0.2) is 4.39 Å². The largest absolute Gasteiger partial charge is 0.411 e. The molecule has 0 saturated carbocycles. The first kappa shape index (κ1) is 13.5. The Morgan fingerprint density at radius 1 is 1.53 bits per heavy atom. The van der Waals surface area contributed by atoms with Crippen LogP contribution in [0.2, 0.25) is 5.02 Å². The molecule has 7 heteroatoms. The number of oxime groups is 1. The second-order valence-electron chi connectivity index (χ2n) is 4.13. The van der Waals surface area contributed by atoms with Crippen molar-refractivity contribution in [3.05, 3.63) is 28.0 Å². The molecule has 1 aromatic rings. The molecule has 1 aromatic carbocycles. The summed E-state index contributed by atoms with van der Waals surface area (Å²) in [6.45, 7) is 1.24. The average Bonchev–Trinajstić information content (AvgIpc) is 2.34. The molecule has 0 saturated heterocycles. The molecule has 2 rings (SSSR count). The van der Waals surface area contributed by atoms with Crippen molar-refractivity contribution in [2.75, 3.05) is 5.32 Å².